The largest absolute Gasteiger partial charge is 0.466 e. The quantitative estimate of drug-likeness (QED) is 0.584. The molecule has 15 heavy (non-hydrogen) atoms. The highest BCUT2D eigenvalue weighted by molar-refractivity contribution is 6.29. The highest BCUT2D eigenvalue weighted by Crippen LogP contribution is 2.08. The third kappa shape index (κ3) is 4.61. The minimum absolute atomic E-state index is 0.228. The first-order valence-electron chi connectivity index (χ1n) is 4.66. The summed E-state index contributed by atoms with van der Waals surface area (Å²) in [6.45, 7) is 2.19. The van der Waals surface area contributed by atoms with E-state index in [1.807, 2.05) is 12.1 Å². The number of carbonyl (C=O) groups excluding carboxylic acids is 1. The molecule has 0 saturated heterocycles. The summed E-state index contributed by atoms with van der Waals surface area (Å²) in [4.78, 5) is 14.8. The number of esters is 1. The summed E-state index contributed by atoms with van der Waals surface area (Å²) in [6, 6.07) is 3.54. The zero-order valence-electron chi connectivity index (χ0n) is 8.44. The zero-order valence-corrected chi connectivity index (χ0v) is 9.20. The molecule has 0 atom stereocenters. The van der Waals surface area contributed by atoms with E-state index in [-0.39, 0.29) is 12.4 Å². The topological polar surface area (TPSA) is 39.2 Å². The Morgan fingerprint density at radius 2 is 2.47 bits per heavy atom. The van der Waals surface area contributed by atoms with E-state index in [4.69, 9.17) is 16.3 Å². The summed E-state index contributed by atoms with van der Waals surface area (Å²) < 4.78 is 4.77. The number of hydrogen-bond acceptors (Lipinski definition) is 3. The molecule has 0 unspecified atom stereocenters. The number of hydrogen-bond donors (Lipinski definition) is 0. The second-order valence-corrected chi connectivity index (χ2v) is 3.21. The Balaban J connectivity index is 2.48. The number of rotatable bonds is 4. The molecule has 1 rings (SSSR count). The molecule has 1 aromatic heterocycles. The van der Waals surface area contributed by atoms with Gasteiger partial charge in [-0.3, -0.25) is 4.79 Å². The van der Waals surface area contributed by atoms with Crippen LogP contribution in [-0.2, 0) is 9.53 Å². The van der Waals surface area contributed by atoms with Gasteiger partial charge < -0.3 is 4.74 Å². The molecule has 0 aliphatic carbocycles. The van der Waals surface area contributed by atoms with E-state index in [2.05, 4.69) is 4.98 Å². The molecule has 1 heterocycles. The first kappa shape index (κ1) is 11.7. The van der Waals surface area contributed by atoms with Crippen LogP contribution in [0.5, 0.6) is 0 Å². The normalized spacial score (nSPS) is 10.5. The Hall–Kier alpha value is -1.35. The summed E-state index contributed by atoms with van der Waals surface area (Å²) in [5, 5.41) is 0.438. The number of pyridine rings is 1. The zero-order chi connectivity index (χ0) is 11.1. The standard InChI is InChI=1S/C11H12ClNO2/c1-2-15-11(14)5-3-4-9-6-7-13-10(12)8-9/h3-4,6-8H,2,5H2,1H3. The van der Waals surface area contributed by atoms with E-state index in [0.717, 1.165) is 5.56 Å². The van der Waals surface area contributed by atoms with Crippen LogP contribution in [-0.4, -0.2) is 17.6 Å². The lowest BCUT2D eigenvalue weighted by molar-refractivity contribution is -0.142. The summed E-state index contributed by atoms with van der Waals surface area (Å²) in [7, 11) is 0. The van der Waals surface area contributed by atoms with Crippen LogP contribution in [0.2, 0.25) is 5.15 Å². The minimum Gasteiger partial charge on any atom is -0.466 e. The van der Waals surface area contributed by atoms with Gasteiger partial charge in [0.15, 0.2) is 0 Å². The Kier molecular flexibility index (Phi) is 4.84. The first-order valence-corrected chi connectivity index (χ1v) is 5.04. The van der Waals surface area contributed by atoms with E-state index in [1.54, 1.807) is 25.3 Å². The van der Waals surface area contributed by atoms with Crippen LogP contribution in [0, 0.1) is 0 Å². The molecule has 0 saturated carbocycles. The van der Waals surface area contributed by atoms with Crippen molar-refractivity contribution in [2.24, 2.45) is 0 Å². The molecule has 80 valence electrons. The monoisotopic (exact) mass is 225 g/mol. The van der Waals surface area contributed by atoms with Crippen molar-refractivity contribution in [1.82, 2.24) is 4.98 Å². The Bertz CT molecular complexity index is 363. The third-order valence-corrected chi connectivity index (χ3v) is 1.86. The van der Waals surface area contributed by atoms with Crippen molar-refractivity contribution >= 4 is 23.6 Å². The van der Waals surface area contributed by atoms with Gasteiger partial charge >= 0.3 is 5.97 Å². The van der Waals surface area contributed by atoms with Gasteiger partial charge in [0, 0.05) is 6.20 Å². The van der Waals surface area contributed by atoms with E-state index in [1.165, 1.54) is 0 Å². The molecular weight excluding hydrogens is 214 g/mol. The SMILES string of the molecule is CCOC(=O)CC=Cc1ccnc(Cl)c1. The van der Waals surface area contributed by atoms with Crippen LogP contribution in [0.3, 0.4) is 0 Å². The molecule has 0 N–H and O–H groups in total. The van der Waals surface area contributed by atoms with Crippen LogP contribution >= 0.6 is 11.6 Å². The molecule has 0 radical (unpaired) electrons. The first-order chi connectivity index (χ1) is 7.22. The Labute approximate surface area is 93.7 Å². The van der Waals surface area contributed by atoms with E-state index >= 15 is 0 Å². The van der Waals surface area contributed by atoms with Crippen molar-refractivity contribution in [3.05, 3.63) is 35.1 Å². The average molecular weight is 226 g/mol. The number of halogens is 1. The fourth-order valence-electron chi connectivity index (χ4n) is 1.03. The van der Waals surface area contributed by atoms with E-state index in [0.29, 0.717) is 11.8 Å². The molecule has 3 nitrogen and oxygen atoms in total. The molecule has 0 fully saturated rings. The smallest absolute Gasteiger partial charge is 0.309 e. The van der Waals surface area contributed by atoms with Crippen LogP contribution in [0.4, 0.5) is 0 Å². The number of nitrogens with zero attached hydrogens (tertiary/aromatic N) is 1. The van der Waals surface area contributed by atoms with Gasteiger partial charge in [-0.2, -0.15) is 0 Å². The highest BCUT2D eigenvalue weighted by atomic mass is 35.5. The Morgan fingerprint density at radius 3 is 3.13 bits per heavy atom. The predicted molar refractivity (Wildman–Crippen MR) is 59.5 cm³/mol. The molecule has 0 amide bonds. The van der Waals surface area contributed by atoms with E-state index < -0.39 is 0 Å². The van der Waals surface area contributed by atoms with Crippen LogP contribution < -0.4 is 0 Å². The van der Waals surface area contributed by atoms with Crippen LogP contribution in [0.1, 0.15) is 18.9 Å². The van der Waals surface area contributed by atoms with E-state index in [9.17, 15) is 4.79 Å². The van der Waals surface area contributed by atoms with Crippen molar-refractivity contribution in [3.8, 4) is 0 Å². The second kappa shape index (κ2) is 6.19. The van der Waals surface area contributed by atoms with Crippen LogP contribution in [0.25, 0.3) is 6.08 Å². The van der Waals surface area contributed by atoms with Gasteiger partial charge in [0.2, 0.25) is 0 Å². The van der Waals surface area contributed by atoms with Crippen molar-refractivity contribution in [3.63, 3.8) is 0 Å². The molecular formula is C11H12ClNO2. The fraction of sp³-hybridized carbons (Fsp3) is 0.273. The van der Waals surface area contributed by atoms with Crippen molar-refractivity contribution in [1.29, 1.82) is 0 Å². The fourth-order valence-corrected chi connectivity index (χ4v) is 1.21. The predicted octanol–water partition coefficient (Wildman–Crippen LogP) is 2.70. The minimum atomic E-state index is -0.228. The summed E-state index contributed by atoms with van der Waals surface area (Å²) in [6.07, 6.45) is 5.44. The lowest BCUT2D eigenvalue weighted by Gasteiger charge is -1.97. The lowest BCUT2D eigenvalue weighted by Crippen LogP contribution is -2.01. The second-order valence-electron chi connectivity index (χ2n) is 2.82. The van der Waals surface area contributed by atoms with Gasteiger partial charge in [0.25, 0.3) is 0 Å². The number of aromatic nitrogens is 1. The number of carbonyl (C=O) groups is 1. The van der Waals surface area contributed by atoms with Crippen molar-refractivity contribution in [2.45, 2.75) is 13.3 Å². The van der Waals surface area contributed by atoms with Gasteiger partial charge in [0.05, 0.1) is 13.0 Å². The van der Waals surface area contributed by atoms with Gasteiger partial charge in [-0.05, 0) is 24.6 Å². The molecule has 0 aliphatic heterocycles. The Morgan fingerprint density at radius 1 is 1.67 bits per heavy atom. The highest BCUT2D eigenvalue weighted by Gasteiger charge is 1.96. The molecule has 4 heteroatoms. The van der Waals surface area contributed by atoms with Gasteiger partial charge in [-0.1, -0.05) is 23.8 Å². The maximum absolute atomic E-state index is 11.0. The van der Waals surface area contributed by atoms with Crippen molar-refractivity contribution in [2.75, 3.05) is 6.61 Å². The van der Waals surface area contributed by atoms with Gasteiger partial charge in [0.1, 0.15) is 5.15 Å². The lowest BCUT2D eigenvalue weighted by atomic mass is 10.2. The number of ether oxygens (including phenoxy) is 1. The molecule has 0 aliphatic rings. The van der Waals surface area contributed by atoms with Crippen molar-refractivity contribution < 1.29 is 9.53 Å². The average Bonchev–Trinajstić information content (AvgIpc) is 2.18. The summed E-state index contributed by atoms with van der Waals surface area (Å²) in [5.74, 6) is -0.228. The van der Waals surface area contributed by atoms with Crippen LogP contribution in [0.15, 0.2) is 24.4 Å². The molecule has 0 spiro atoms. The molecule has 0 aromatic carbocycles. The maximum atomic E-state index is 11.0. The van der Waals surface area contributed by atoms with Gasteiger partial charge in [-0.15, -0.1) is 0 Å². The molecule has 1 aromatic rings. The molecule has 0 bridgehead atoms. The third-order valence-electron chi connectivity index (χ3n) is 1.65. The van der Waals surface area contributed by atoms with Gasteiger partial charge in [-0.25, -0.2) is 4.98 Å². The summed E-state index contributed by atoms with van der Waals surface area (Å²) >= 11 is 5.70. The summed E-state index contributed by atoms with van der Waals surface area (Å²) in [5.41, 5.74) is 0.916. The maximum Gasteiger partial charge on any atom is 0.309 e.